The average Bonchev–Trinajstić information content (AvgIpc) is 2.59. The third kappa shape index (κ3) is 3.55. The predicted molar refractivity (Wildman–Crippen MR) is 99.2 cm³/mol. The van der Waals surface area contributed by atoms with Crippen LogP contribution in [0.5, 0.6) is 5.75 Å². The van der Waals surface area contributed by atoms with Crippen molar-refractivity contribution in [1.82, 2.24) is 4.57 Å². The molecule has 2 aromatic carbocycles. The highest BCUT2D eigenvalue weighted by molar-refractivity contribution is 5.93. The van der Waals surface area contributed by atoms with E-state index < -0.39 is 0 Å². The Kier molecular flexibility index (Phi) is 4.57. The minimum absolute atomic E-state index is 0.0947. The zero-order chi connectivity index (χ0) is 18.0. The van der Waals surface area contributed by atoms with Gasteiger partial charge in [0.25, 0.3) is 11.5 Å². The molecule has 0 aliphatic heterocycles. The summed E-state index contributed by atoms with van der Waals surface area (Å²) in [6, 6.07) is 12.9. The monoisotopic (exact) mass is 336 g/mol. The summed E-state index contributed by atoms with van der Waals surface area (Å²) in [5.41, 5.74) is 2.82. The molecule has 3 aromatic rings. The number of rotatable bonds is 4. The number of aryl methyl sites for hydroxylation is 3. The molecule has 0 radical (unpaired) electrons. The molecule has 0 spiro atoms. The number of hydrogen-bond donors (Lipinski definition) is 1. The molecule has 0 saturated heterocycles. The van der Waals surface area contributed by atoms with Gasteiger partial charge in [-0.1, -0.05) is 23.8 Å². The van der Waals surface area contributed by atoms with E-state index in [1.807, 2.05) is 38.1 Å². The number of benzene rings is 2. The van der Waals surface area contributed by atoms with Crippen LogP contribution in [0.25, 0.3) is 10.8 Å². The van der Waals surface area contributed by atoms with Crippen molar-refractivity contribution < 1.29 is 9.53 Å². The van der Waals surface area contributed by atoms with E-state index in [1.165, 1.54) is 4.57 Å². The molecule has 1 amide bonds. The van der Waals surface area contributed by atoms with Crippen LogP contribution in [0.2, 0.25) is 0 Å². The molecule has 5 heteroatoms. The van der Waals surface area contributed by atoms with Gasteiger partial charge in [-0.05, 0) is 43.7 Å². The number of nitrogens with zero attached hydrogens (tertiary/aromatic N) is 1. The fourth-order valence-corrected chi connectivity index (χ4v) is 2.76. The van der Waals surface area contributed by atoms with Crippen LogP contribution in [0.1, 0.15) is 11.1 Å². The fourth-order valence-electron chi connectivity index (χ4n) is 2.76. The van der Waals surface area contributed by atoms with E-state index >= 15 is 0 Å². The number of aromatic nitrogens is 1. The molecule has 1 heterocycles. The lowest BCUT2D eigenvalue weighted by Crippen LogP contribution is -2.21. The van der Waals surface area contributed by atoms with Crippen LogP contribution in [0, 0.1) is 13.8 Å². The van der Waals surface area contributed by atoms with Gasteiger partial charge in [-0.25, -0.2) is 0 Å². The average molecular weight is 336 g/mol. The first kappa shape index (κ1) is 16.8. The third-order valence-corrected chi connectivity index (χ3v) is 4.10. The van der Waals surface area contributed by atoms with Crippen LogP contribution in [0.4, 0.5) is 5.69 Å². The molecule has 1 aromatic heterocycles. The SMILES string of the molecule is Cc1ccc(NC(=O)COc2cccc3c(=O)n(C)ccc23)c(C)c1. The summed E-state index contributed by atoms with van der Waals surface area (Å²) in [5.74, 6) is 0.277. The highest BCUT2D eigenvalue weighted by Crippen LogP contribution is 2.23. The number of carbonyl (C=O) groups is 1. The van der Waals surface area contributed by atoms with Gasteiger partial charge in [0, 0.05) is 24.3 Å². The van der Waals surface area contributed by atoms with Crippen LogP contribution < -0.4 is 15.6 Å². The maximum atomic E-state index is 12.2. The van der Waals surface area contributed by atoms with E-state index in [0.717, 1.165) is 16.8 Å². The number of fused-ring (bicyclic) bond motifs is 1. The Morgan fingerprint density at radius 2 is 1.92 bits per heavy atom. The van der Waals surface area contributed by atoms with E-state index in [0.29, 0.717) is 16.5 Å². The van der Waals surface area contributed by atoms with Crippen molar-refractivity contribution in [2.24, 2.45) is 7.05 Å². The van der Waals surface area contributed by atoms with Gasteiger partial charge in [0.15, 0.2) is 6.61 Å². The highest BCUT2D eigenvalue weighted by atomic mass is 16.5. The van der Waals surface area contributed by atoms with Crippen LogP contribution in [0.3, 0.4) is 0 Å². The number of ether oxygens (including phenoxy) is 1. The van der Waals surface area contributed by atoms with Crippen LogP contribution in [0.15, 0.2) is 53.5 Å². The molecule has 5 nitrogen and oxygen atoms in total. The number of pyridine rings is 1. The summed E-state index contributed by atoms with van der Waals surface area (Å²) >= 11 is 0. The van der Waals surface area contributed by atoms with Crippen molar-refractivity contribution in [3.63, 3.8) is 0 Å². The Morgan fingerprint density at radius 1 is 1.12 bits per heavy atom. The molecule has 0 unspecified atom stereocenters. The Bertz CT molecular complexity index is 1010. The van der Waals surface area contributed by atoms with E-state index in [-0.39, 0.29) is 18.1 Å². The van der Waals surface area contributed by atoms with Gasteiger partial charge in [-0.2, -0.15) is 0 Å². The van der Waals surface area contributed by atoms with E-state index in [4.69, 9.17) is 4.74 Å². The summed E-state index contributed by atoms with van der Waals surface area (Å²) in [7, 11) is 1.70. The van der Waals surface area contributed by atoms with Crippen LogP contribution in [-0.4, -0.2) is 17.1 Å². The van der Waals surface area contributed by atoms with Crippen molar-refractivity contribution in [3.05, 3.63) is 70.1 Å². The van der Waals surface area contributed by atoms with Gasteiger partial charge in [0.2, 0.25) is 0 Å². The lowest BCUT2D eigenvalue weighted by atomic mass is 10.1. The normalized spacial score (nSPS) is 10.7. The maximum absolute atomic E-state index is 12.2. The zero-order valence-corrected chi connectivity index (χ0v) is 14.5. The van der Waals surface area contributed by atoms with Crippen molar-refractivity contribution >= 4 is 22.4 Å². The Morgan fingerprint density at radius 3 is 2.68 bits per heavy atom. The van der Waals surface area contributed by atoms with Crippen molar-refractivity contribution in [3.8, 4) is 5.75 Å². The molecule has 0 aliphatic carbocycles. The summed E-state index contributed by atoms with van der Waals surface area (Å²) in [6.45, 7) is 3.83. The first-order valence-electron chi connectivity index (χ1n) is 8.04. The second-order valence-electron chi connectivity index (χ2n) is 6.10. The van der Waals surface area contributed by atoms with Gasteiger partial charge in [-0.15, -0.1) is 0 Å². The van der Waals surface area contributed by atoms with Crippen LogP contribution in [-0.2, 0) is 11.8 Å². The van der Waals surface area contributed by atoms with Gasteiger partial charge in [-0.3, -0.25) is 9.59 Å². The highest BCUT2D eigenvalue weighted by Gasteiger charge is 2.09. The first-order valence-corrected chi connectivity index (χ1v) is 8.04. The maximum Gasteiger partial charge on any atom is 0.262 e. The number of nitrogens with one attached hydrogen (secondary N) is 1. The van der Waals surface area contributed by atoms with Gasteiger partial charge in [0.05, 0.1) is 5.39 Å². The molecular weight excluding hydrogens is 316 g/mol. The van der Waals surface area contributed by atoms with Gasteiger partial charge >= 0.3 is 0 Å². The standard InChI is InChI=1S/C20H20N2O3/c1-13-7-8-17(14(2)11-13)21-19(23)12-25-18-6-4-5-16-15(18)9-10-22(3)20(16)24/h4-11H,12H2,1-3H3,(H,21,23). The van der Waals surface area contributed by atoms with E-state index in [2.05, 4.69) is 5.32 Å². The molecular formula is C20H20N2O3. The second-order valence-corrected chi connectivity index (χ2v) is 6.10. The fraction of sp³-hybridized carbons (Fsp3) is 0.200. The van der Waals surface area contributed by atoms with Crippen molar-refractivity contribution in [2.75, 3.05) is 11.9 Å². The van der Waals surface area contributed by atoms with Gasteiger partial charge < -0.3 is 14.6 Å². The molecule has 128 valence electrons. The minimum atomic E-state index is -0.243. The molecule has 0 bridgehead atoms. The molecule has 25 heavy (non-hydrogen) atoms. The lowest BCUT2D eigenvalue weighted by Gasteiger charge is -2.12. The number of amides is 1. The smallest absolute Gasteiger partial charge is 0.262 e. The van der Waals surface area contributed by atoms with Gasteiger partial charge in [0.1, 0.15) is 5.75 Å². The molecule has 1 N–H and O–H groups in total. The zero-order valence-electron chi connectivity index (χ0n) is 14.5. The Labute approximate surface area is 145 Å². The second kappa shape index (κ2) is 6.81. The summed E-state index contributed by atoms with van der Waals surface area (Å²) < 4.78 is 7.16. The van der Waals surface area contributed by atoms with Crippen molar-refractivity contribution in [1.29, 1.82) is 0 Å². The number of carbonyl (C=O) groups excluding carboxylic acids is 1. The van der Waals surface area contributed by atoms with Crippen molar-refractivity contribution in [2.45, 2.75) is 13.8 Å². The number of anilines is 1. The molecule has 0 saturated carbocycles. The minimum Gasteiger partial charge on any atom is -0.483 e. The molecule has 0 aliphatic rings. The summed E-state index contributed by atoms with van der Waals surface area (Å²) in [4.78, 5) is 24.3. The third-order valence-electron chi connectivity index (χ3n) is 4.10. The first-order chi connectivity index (χ1) is 12.0. The molecule has 0 atom stereocenters. The van der Waals surface area contributed by atoms with E-state index in [9.17, 15) is 9.59 Å². The van der Waals surface area contributed by atoms with E-state index in [1.54, 1.807) is 31.4 Å². The lowest BCUT2D eigenvalue weighted by molar-refractivity contribution is -0.118. The topological polar surface area (TPSA) is 60.3 Å². The summed E-state index contributed by atoms with van der Waals surface area (Å²) in [6.07, 6.45) is 1.69. The summed E-state index contributed by atoms with van der Waals surface area (Å²) in [5, 5.41) is 4.11. The number of hydrogen-bond acceptors (Lipinski definition) is 3. The molecule has 0 fully saturated rings. The predicted octanol–water partition coefficient (Wildman–Crippen LogP) is 3.17. The Hall–Kier alpha value is -3.08. The Balaban J connectivity index is 1.75. The molecule has 3 rings (SSSR count). The van der Waals surface area contributed by atoms with Crippen LogP contribution >= 0.6 is 0 Å². The quantitative estimate of drug-likeness (QED) is 0.796. The largest absolute Gasteiger partial charge is 0.483 e.